The summed E-state index contributed by atoms with van der Waals surface area (Å²) in [6, 6.07) is 12.4. The van der Waals surface area contributed by atoms with Gasteiger partial charge in [-0.05, 0) is 43.2 Å². The molecule has 2 amide bonds. The molecule has 7 nitrogen and oxygen atoms in total. The van der Waals surface area contributed by atoms with E-state index in [1.165, 1.54) is 12.1 Å². The number of amides is 2. The molecule has 0 bridgehead atoms. The summed E-state index contributed by atoms with van der Waals surface area (Å²) >= 11 is 6.20. The van der Waals surface area contributed by atoms with Gasteiger partial charge in [0.05, 0.1) is 11.6 Å². The number of carbonyl (C=O) groups is 1. The number of hydrogen-bond acceptors (Lipinski definition) is 5. The van der Waals surface area contributed by atoms with Crippen LogP contribution in [0.3, 0.4) is 0 Å². The summed E-state index contributed by atoms with van der Waals surface area (Å²) in [6.07, 6.45) is 0.661. The van der Waals surface area contributed by atoms with Crippen molar-refractivity contribution in [3.05, 3.63) is 76.5 Å². The molecule has 0 aliphatic carbocycles. The highest BCUT2D eigenvalue weighted by Crippen LogP contribution is 2.38. The molecule has 0 spiro atoms. The monoisotopic (exact) mass is 456 g/mol. The van der Waals surface area contributed by atoms with E-state index in [2.05, 4.69) is 15.5 Å². The number of ether oxygens (including phenoxy) is 1. The lowest BCUT2D eigenvalue weighted by atomic mass is 9.94. The van der Waals surface area contributed by atoms with Crippen molar-refractivity contribution >= 4 is 23.2 Å². The first-order valence-electron chi connectivity index (χ1n) is 10.1. The Labute approximate surface area is 189 Å². The van der Waals surface area contributed by atoms with E-state index in [0.29, 0.717) is 41.4 Å². The molecule has 1 aliphatic rings. The summed E-state index contributed by atoms with van der Waals surface area (Å²) in [5.74, 6) is 0.103. The number of benzene rings is 2. The molecule has 0 saturated heterocycles. The maximum absolute atomic E-state index is 13.7. The number of nitrogens with zero attached hydrogens (tertiary/aromatic N) is 3. The first-order chi connectivity index (χ1) is 15.5. The third-order valence-corrected chi connectivity index (χ3v) is 5.48. The minimum absolute atomic E-state index is 0.239. The molecule has 1 aromatic heterocycles. The first kappa shape index (κ1) is 22.0. The molecule has 4 rings (SSSR count). The predicted octanol–water partition coefficient (Wildman–Crippen LogP) is 5.06. The summed E-state index contributed by atoms with van der Waals surface area (Å²) in [5.41, 5.74) is 2.61. The Balaban J connectivity index is 1.78. The van der Waals surface area contributed by atoms with Crippen LogP contribution in [0, 0.1) is 5.82 Å². The number of hydrogen-bond donors (Lipinski definition) is 1. The normalized spacial score (nSPS) is 16.4. The fraction of sp³-hybridized carbons (Fsp3) is 0.261. The van der Waals surface area contributed by atoms with Crippen LogP contribution in [0.25, 0.3) is 17.0 Å². The minimum Gasteiger partial charge on any atom is -0.385 e. The lowest BCUT2D eigenvalue weighted by Crippen LogP contribution is -2.46. The van der Waals surface area contributed by atoms with Crippen molar-refractivity contribution in [1.82, 2.24) is 20.4 Å². The Morgan fingerprint density at radius 3 is 2.81 bits per heavy atom. The van der Waals surface area contributed by atoms with E-state index in [9.17, 15) is 9.18 Å². The van der Waals surface area contributed by atoms with Crippen molar-refractivity contribution in [2.45, 2.75) is 19.4 Å². The topological polar surface area (TPSA) is 80.5 Å². The van der Waals surface area contributed by atoms with E-state index in [0.717, 1.165) is 5.56 Å². The van der Waals surface area contributed by atoms with E-state index in [1.807, 2.05) is 19.1 Å². The van der Waals surface area contributed by atoms with Crippen molar-refractivity contribution < 1.29 is 18.4 Å². The number of halogens is 2. The molecule has 2 aromatic carbocycles. The third-order valence-electron chi connectivity index (χ3n) is 5.25. The Hall–Kier alpha value is -3.23. The summed E-state index contributed by atoms with van der Waals surface area (Å²) in [4.78, 5) is 19.0. The fourth-order valence-corrected chi connectivity index (χ4v) is 3.91. The van der Waals surface area contributed by atoms with Crippen molar-refractivity contribution in [1.29, 1.82) is 0 Å². The van der Waals surface area contributed by atoms with Gasteiger partial charge < -0.3 is 14.6 Å². The molecule has 3 aromatic rings. The average Bonchev–Trinajstić information content (AvgIpc) is 3.25. The van der Waals surface area contributed by atoms with E-state index in [-0.39, 0.29) is 17.7 Å². The highest BCUT2D eigenvalue weighted by Gasteiger charge is 2.35. The van der Waals surface area contributed by atoms with Crippen LogP contribution in [0.4, 0.5) is 9.18 Å². The molecule has 166 valence electrons. The second-order valence-electron chi connectivity index (χ2n) is 7.37. The number of urea groups is 1. The van der Waals surface area contributed by atoms with Gasteiger partial charge in [0.2, 0.25) is 5.82 Å². The molecule has 32 heavy (non-hydrogen) atoms. The van der Waals surface area contributed by atoms with Gasteiger partial charge in [-0.3, -0.25) is 4.90 Å². The van der Waals surface area contributed by atoms with Crippen molar-refractivity contribution in [2.75, 3.05) is 20.3 Å². The lowest BCUT2D eigenvalue weighted by molar-refractivity contribution is 0.174. The van der Waals surface area contributed by atoms with Crippen LogP contribution in [0.15, 0.2) is 58.8 Å². The summed E-state index contributed by atoms with van der Waals surface area (Å²) in [6.45, 7) is 2.82. The second-order valence-corrected chi connectivity index (χ2v) is 7.80. The number of carbonyl (C=O) groups excluding carboxylic acids is 1. The molecule has 9 heteroatoms. The second kappa shape index (κ2) is 9.50. The van der Waals surface area contributed by atoms with Crippen LogP contribution >= 0.6 is 11.6 Å². The van der Waals surface area contributed by atoms with Gasteiger partial charge in [-0.1, -0.05) is 41.0 Å². The number of nitrogens with one attached hydrogen (secondary N) is 1. The van der Waals surface area contributed by atoms with Crippen LogP contribution in [0.2, 0.25) is 5.02 Å². The van der Waals surface area contributed by atoms with Gasteiger partial charge in [0, 0.05) is 36.5 Å². The quantitative estimate of drug-likeness (QED) is 0.502. The largest absolute Gasteiger partial charge is 0.385 e. The highest BCUT2D eigenvalue weighted by molar-refractivity contribution is 6.30. The summed E-state index contributed by atoms with van der Waals surface area (Å²) in [7, 11) is 1.62. The van der Waals surface area contributed by atoms with Gasteiger partial charge in [-0.2, -0.15) is 4.98 Å². The maximum Gasteiger partial charge on any atom is 0.322 e. The molecule has 0 saturated carbocycles. The van der Waals surface area contributed by atoms with Crippen molar-refractivity contribution in [3.8, 4) is 11.4 Å². The zero-order chi connectivity index (χ0) is 22.7. The van der Waals surface area contributed by atoms with Crippen molar-refractivity contribution in [3.63, 3.8) is 0 Å². The summed E-state index contributed by atoms with van der Waals surface area (Å²) in [5, 5.41) is 7.60. The molecule has 2 heterocycles. The van der Waals surface area contributed by atoms with Crippen LogP contribution in [0.1, 0.15) is 30.8 Å². The highest BCUT2D eigenvalue weighted by atomic mass is 35.5. The zero-order valence-electron chi connectivity index (χ0n) is 17.6. The standard InChI is InChI=1S/C23H22ClFN4O3/c1-14-19(22-27-21(28-32-22)16-7-4-9-18(25)13-16)20(15-6-3-8-17(24)12-15)26-23(30)29(14)10-5-11-31-2/h3-4,6-9,12-13,20H,5,10-11H2,1-2H3,(H,26,30). The van der Waals surface area contributed by atoms with E-state index in [4.69, 9.17) is 20.9 Å². The van der Waals surface area contributed by atoms with Gasteiger partial charge in [0.1, 0.15) is 5.82 Å². The smallest absolute Gasteiger partial charge is 0.322 e. The molecule has 1 atom stereocenters. The Kier molecular flexibility index (Phi) is 6.53. The summed E-state index contributed by atoms with van der Waals surface area (Å²) < 4.78 is 24.4. The van der Waals surface area contributed by atoms with Gasteiger partial charge in [0.15, 0.2) is 0 Å². The molecule has 0 fully saturated rings. The van der Waals surface area contributed by atoms with Crippen LogP contribution < -0.4 is 5.32 Å². The molecule has 1 unspecified atom stereocenters. The van der Waals surface area contributed by atoms with E-state index < -0.39 is 11.9 Å². The molecule has 1 aliphatic heterocycles. The van der Waals surface area contributed by atoms with Gasteiger partial charge >= 0.3 is 6.03 Å². The van der Waals surface area contributed by atoms with Crippen LogP contribution in [0.5, 0.6) is 0 Å². The molecule has 1 N–H and O–H groups in total. The SMILES string of the molecule is COCCCN1C(=O)NC(c2cccc(Cl)c2)C(c2nc(-c3cccc(F)c3)no2)=C1C. The van der Waals surface area contributed by atoms with Crippen LogP contribution in [-0.2, 0) is 4.74 Å². The van der Waals surface area contributed by atoms with Gasteiger partial charge in [-0.25, -0.2) is 9.18 Å². The number of rotatable bonds is 7. The Morgan fingerprint density at radius 2 is 2.06 bits per heavy atom. The van der Waals surface area contributed by atoms with Crippen molar-refractivity contribution in [2.24, 2.45) is 0 Å². The van der Waals surface area contributed by atoms with Crippen LogP contribution in [-0.4, -0.2) is 41.3 Å². The lowest BCUT2D eigenvalue weighted by Gasteiger charge is -2.35. The van der Waals surface area contributed by atoms with Gasteiger partial charge in [-0.15, -0.1) is 0 Å². The minimum atomic E-state index is -0.541. The fourth-order valence-electron chi connectivity index (χ4n) is 3.71. The zero-order valence-corrected chi connectivity index (χ0v) is 18.4. The third kappa shape index (κ3) is 4.51. The van der Waals surface area contributed by atoms with E-state index >= 15 is 0 Å². The molecule has 0 radical (unpaired) electrons. The molecular weight excluding hydrogens is 435 g/mol. The first-order valence-corrected chi connectivity index (χ1v) is 10.5. The number of aromatic nitrogens is 2. The number of methoxy groups -OCH3 is 1. The molecular formula is C23H22ClFN4O3. The maximum atomic E-state index is 13.7. The van der Waals surface area contributed by atoms with Gasteiger partial charge in [0.25, 0.3) is 5.89 Å². The predicted molar refractivity (Wildman–Crippen MR) is 118 cm³/mol. The number of allylic oxidation sites excluding steroid dienone is 1. The average molecular weight is 457 g/mol. The Bertz CT molecular complexity index is 1160. The Morgan fingerprint density at radius 1 is 1.25 bits per heavy atom. The van der Waals surface area contributed by atoms with E-state index in [1.54, 1.807) is 36.3 Å².